The molecule has 1 aliphatic carbocycles. The summed E-state index contributed by atoms with van der Waals surface area (Å²) in [4.78, 5) is 12.3. The van der Waals surface area contributed by atoms with E-state index in [1.807, 2.05) is 13.0 Å². The van der Waals surface area contributed by atoms with E-state index in [2.05, 4.69) is 204 Å². The van der Waals surface area contributed by atoms with E-state index in [1.54, 1.807) is 0 Å². The van der Waals surface area contributed by atoms with Crippen LogP contribution in [0.5, 0.6) is 0 Å². The maximum absolute atomic E-state index is 4.97. The second-order valence-corrected chi connectivity index (χ2v) is 15.8. The van der Waals surface area contributed by atoms with Gasteiger partial charge in [0.2, 0.25) is 0 Å². The Morgan fingerprint density at radius 2 is 0.966 bits per heavy atom. The first kappa shape index (κ1) is 33.6. The number of hydrogen-bond acceptors (Lipinski definition) is 3. The summed E-state index contributed by atoms with van der Waals surface area (Å²) in [7, 11) is 0. The third-order valence-electron chi connectivity index (χ3n) is 12.7. The van der Waals surface area contributed by atoms with Gasteiger partial charge in [-0.15, -0.1) is 0 Å². The van der Waals surface area contributed by atoms with Gasteiger partial charge in [-0.2, -0.15) is 0 Å². The lowest BCUT2D eigenvalue weighted by molar-refractivity contribution is 0.753. The number of fused-ring (bicyclic) bond motifs is 12. The molecule has 0 radical (unpaired) electrons. The van der Waals surface area contributed by atoms with Gasteiger partial charge in [-0.05, 0) is 102 Å². The van der Waals surface area contributed by atoms with Gasteiger partial charge in [0.1, 0.15) is 5.82 Å². The molecule has 0 bridgehead atoms. The van der Waals surface area contributed by atoms with Gasteiger partial charge in [-0.3, -0.25) is 0 Å². The van der Waals surface area contributed by atoms with Crippen molar-refractivity contribution < 1.29 is 0 Å². The van der Waals surface area contributed by atoms with Crippen LogP contribution in [-0.4, -0.2) is 14.5 Å². The highest BCUT2D eigenvalue weighted by molar-refractivity contribution is 6.12. The van der Waals surface area contributed by atoms with Crippen molar-refractivity contribution in [3.63, 3.8) is 0 Å². The SMILES string of the molecule is Cc1nc(-c2ccccc2)c(C)c(-c2ccc(N3c4ccccc4C4(c5ccccc5-c5cc6c(cc54)c4ccccc4n6-c4ccccc4)c4ccccc43)cc2)n1. The van der Waals surface area contributed by atoms with Gasteiger partial charge in [0.25, 0.3) is 0 Å². The molecule has 1 spiro atoms. The van der Waals surface area contributed by atoms with Gasteiger partial charge in [0.15, 0.2) is 0 Å². The van der Waals surface area contributed by atoms with Crippen LogP contribution in [0.25, 0.3) is 61.1 Å². The maximum Gasteiger partial charge on any atom is 0.126 e. The molecule has 1 aliphatic heterocycles. The van der Waals surface area contributed by atoms with Crippen molar-refractivity contribution in [3.8, 4) is 39.3 Å². The Balaban J connectivity index is 1.07. The average Bonchev–Trinajstić information content (AvgIpc) is 3.77. The molecule has 4 heteroatoms. The van der Waals surface area contributed by atoms with Crippen molar-refractivity contribution in [3.05, 3.63) is 228 Å². The normalized spacial score (nSPS) is 13.4. The second-order valence-electron chi connectivity index (χ2n) is 15.8. The predicted octanol–water partition coefficient (Wildman–Crippen LogP) is 13.7. The summed E-state index contributed by atoms with van der Waals surface area (Å²) in [5.74, 6) is 0.761. The molecule has 10 aromatic rings. The highest BCUT2D eigenvalue weighted by Gasteiger charge is 2.52. The molecule has 4 nitrogen and oxygen atoms in total. The molecule has 0 saturated heterocycles. The molecule has 2 aliphatic rings. The molecular weight excluding hydrogens is 717 g/mol. The van der Waals surface area contributed by atoms with Gasteiger partial charge >= 0.3 is 0 Å². The van der Waals surface area contributed by atoms with Gasteiger partial charge in [0.05, 0.1) is 39.2 Å². The molecule has 278 valence electrons. The standard InChI is InChI=1S/C55H38N4/c1-35-53(37-17-5-3-6-18-37)56-36(2)57-54(35)38-29-31-40(32-30-38)59-50-27-15-12-24-46(50)55(47-25-13-16-28-51(47)59)45-23-11-9-21-41(45)43-34-52-44(33-48(43)55)42-22-10-14-26-49(42)58(52)39-19-7-4-8-20-39/h3-34H,1-2H3. The fourth-order valence-corrected chi connectivity index (χ4v) is 10.3. The van der Waals surface area contributed by atoms with Crippen molar-refractivity contribution in [2.75, 3.05) is 4.90 Å². The van der Waals surface area contributed by atoms with Crippen molar-refractivity contribution in [2.45, 2.75) is 19.3 Å². The van der Waals surface area contributed by atoms with E-state index >= 15 is 0 Å². The molecule has 0 amide bonds. The average molecular weight is 755 g/mol. The summed E-state index contributed by atoms with van der Waals surface area (Å²) < 4.78 is 2.43. The van der Waals surface area contributed by atoms with Crippen LogP contribution in [0.3, 0.4) is 0 Å². The first-order chi connectivity index (χ1) is 29.1. The minimum atomic E-state index is -0.539. The van der Waals surface area contributed by atoms with Crippen LogP contribution in [-0.2, 0) is 5.41 Å². The molecule has 3 heterocycles. The monoisotopic (exact) mass is 754 g/mol. The van der Waals surface area contributed by atoms with Gasteiger partial charge in [-0.25, -0.2) is 9.97 Å². The lowest BCUT2D eigenvalue weighted by Crippen LogP contribution is -2.36. The van der Waals surface area contributed by atoms with E-state index in [0.717, 1.165) is 45.3 Å². The molecule has 12 rings (SSSR count). The molecular formula is C55H38N4. The van der Waals surface area contributed by atoms with Crippen LogP contribution in [0.4, 0.5) is 17.1 Å². The maximum atomic E-state index is 4.97. The van der Waals surface area contributed by atoms with E-state index < -0.39 is 5.41 Å². The Hall–Kier alpha value is -7.56. The van der Waals surface area contributed by atoms with Crippen molar-refractivity contribution in [2.24, 2.45) is 0 Å². The number of anilines is 3. The zero-order valence-electron chi connectivity index (χ0n) is 32.8. The van der Waals surface area contributed by atoms with Crippen LogP contribution in [0.2, 0.25) is 0 Å². The van der Waals surface area contributed by atoms with E-state index in [9.17, 15) is 0 Å². The van der Waals surface area contributed by atoms with Crippen molar-refractivity contribution in [1.82, 2.24) is 14.5 Å². The van der Waals surface area contributed by atoms with Crippen molar-refractivity contribution >= 4 is 38.9 Å². The number of aryl methyl sites for hydroxylation is 1. The third-order valence-corrected chi connectivity index (χ3v) is 12.7. The minimum Gasteiger partial charge on any atom is -0.310 e. The summed E-state index contributed by atoms with van der Waals surface area (Å²) in [6.45, 7) is 4.11. The molecule has 59 heavy (non-hydrogen) atoms. The van der Waals surface area contributed by atoms with Crippen molar-refractivity contribution in [1.29, 1.82) is 0 Å². The van der Waals surface area contributed by atoms with Crippen LogP contribution >= 0.6 is 0 Å². The largest absolute Gasteiger partial charge is 0.310 e. The fraction of sp³-hybridized carbons (Fsp3) is 0.0545. The summed E-state index contributed by atoms with van der Waals surface area (Å²) in [6.07, 6.45) is 0. The van der Waals surface area contributed by atoms with E-state index in [-0.39, 0.29) is 0 Å². The van der Waals surface area contributed by atoms with E-state index in [4.69, 9.17) is 9.97 Å². The number of benzene rings is 8. The van der Waals surface area contributed by atoms with Crippen LogP contribution < -0.4 is 4.90 Å². The quantitative estimate of drug-likeness (QED) is 0.179. The number of aromatic nitrogens is 3. The molecule has 0 saturated carbocycles. The molecule has 8 aromatic carbocycles. The zero-order chi connectivity index (χ0) is 39.2. The Morgan fingerprint density at radius 1 is 0.407 bits per heavy atom. The van der Waals surface area contributed by atoms with Crippen LogP contribution in [0.1, 0.15) is 33.6 Å². The Morgan fingerprint density at radius 3 is 1.66 bits per heavy atom. The number of hydrogen-bond donors (Lipinski definition) is 0. The molecule has 0 unspecified atom stereocenters. The Labute approximate surface area is 343 Å². The van der Waals surface area contributed by atoms with Gasteiger partial charge in [-0.1, -0.05) is 140 Å². The smallest absolute Gasteiger partial charge is 0.126 e. The molecule has 0 fully saturated rings. The van der Waals surface area contributed by atoms with Crippen LogP contribution in [0, 0.1) is 13.8 Å². The first-order valence-electron chi connectivity index (χ1n) is 20.3. The summed E-state index contributed by atoms with van der Waals surface area (Å²) >= 11 is 0. The predicted molar refractivity (Wildman–Crippen MR) is 242 cm³/mol. The minimum absolute atomic E-state index is 0.539. The molecule has 2 aromatic heterocycles. The highest BCUT2D eigenvalue weighted by atomic mass is 15.2. The summed E-state index contributed by atoms with van der Waals surface area (Å²) in [6, 6.07) is 71.1. The lowest BCUT2D eigenvalue weighted by atomic mass is 9.64. The second kappa shape index (κ2) is 12.7. The van der Waals surface area contributed by atoms with Gasteiger partial charge in [0, 0.05) is 38.8 Å². The number of para-hydroxylation sites is 4. The number of rotatable bonds is 4. The zero-order valence-corrected chi connectivity index (χ0v) is 32.8. The molecule has 0 atom stereocenters. The Kier molecular flexibility index (Phi) is 7.24. The topological polar surface area (TPSA) is 34.0 Å². The van der Waals surface area contributed by atoms with E-state index in [1.165, 1.54) is 66.6 Å². The summed E-state index contributed by atoms with van der Waals surface area (Å²) in [5.41, 5.74) is 19.4. The highest BCUT2D eigenvalue weighted by Crippen LogP contribution is 2.64. The first-order valence-corrected chi connectivity index (χ1v) is 20.3. The fourth-order valence-electron chi connectivity index (χ4n) is 10.3. The van der Waals surface area contributed by atoms with Gasteiger partial charge < -0.3 is 9.47 Å². The third kappa shape index (κ3) is 4.71. The lowest BCUT2D eigenvalue weighted by Gasteiger charge is -2.45. The number of nitrogens with zero attached hydrogens (tertiary/aromatic N) is 4. The summed E-state index contributed by atoms with van der Waals surface area (Å²) in [5, 5.41) is 2.51. The van der Waals surface area contributed by atoms with Crippen LogP contribution in [0.15, 0.2) is 194 Å². The Bertz CT molecular complexity index is 3240. The molecule has 0 N–H and O–H groups in total. The van der Waals surface area contributed by atoms with E-state index in [0.29, 0.717) is 0 Å².